The molecule has 7 aromatic carbocycles. The second-order valence-corrected chi connectivity index (χ2v) is 13.4. The fourth-order valence-corrected chi connectivity index (χ4v) is 8.60. The molecule has 0 unspecified atom stereocenters. The number of hydrogen-bond acceptors (Lipinski definition) is 3. The molecule has 0 radical (unpaired) electrons. The smallest absolute Gasteiger partial charge is 0.146 e. The van der Waals surface area contributed by atoms with Crippen LogP contribution in [0.3, 0.4) is 0 Å². The lowest BCUT2D eigenvalue weighted by Gasteiger charge is -2.26. The first-order chi connectivity index (χ1) is 23.8. The third-order valence-electron chi connectivity index (χ3n) is 9.70. The first kappa shape index (κ1) is 27.1. The van der Waals surface area contributed by atoms with Gasteiger partial charge in [-0.3, -0.25) is 4.90 Å². The zero-order valence-corrected chi connectivity index (χ0v) is 26.8. The van der Waals surface area contributed by atoms with Crippen LogP contribution in [0, 0.1) is 0 Å². The molecule has 0 N–H and O–H groups in total. The molecule has 0 amide bonds. The molecule has 0 bridgehead atoms. The van der Waals surface area contributed by atoms with E-state index >= 15 is 0 Å². The highest BCUT2D eigenvalue weighted by atomic mass is 32.1. The van der Waals surface area contributed by atoms with Crippen LogP contribution in [0.15, 0.2) is 170 Å². The van der Waals surface area contributed by atoms with Gasteiger partial charge in [0.15, 0.2) is 0 Å². The van der Waals surface area contributed by atoms with E-state index in [1.54, 1.807) is 0 Å². The van der Waals surface area contributed by atoms with Gasteiger partial charge in [-0.1, -0.05) is 127 Å². The number of fused-ring (bicyclic) bond motifs is 6. The van der Waals surface area contributed by atoms with Crippen molar-refractivity contribution in [3.63, 3.8) is 0 Å². The molecular formula is C45H28N2S. The molecule has 1 aliphatic rings. The molecule has 2 nitrogen and oxygen atoms in total. The van der Waals surface area contributed by atoms with Crippen molar-refractivity contribution >= 4 is 59.5 Å². The summed E-state index contributed by atoms with van der Waals surface area (Å²) in [5.41, 5.74) is 12.3. The summed E-state index contributed by atoms with van der Waals surface area (Å²) in [6.45, 7) is 0. The molecule has 0 fully saturated rings. The Balaban J connectivity index is 1.12. The quantitative estimate of drug-likeness (QED) is 0.188. The molecule has 2 heterocycles. The van der Waals surface area contributed by atoms with Gasteiger partial charge in [-0.15, -0.1) is 11.3 Å². The summed E-state index contributed by atoms with van der Waals surface area (Å²) in [7, 11) is 0. The second-order valence-electron chi connectivity index (χ2n) is 12.3. The largest absolute Gasteiger partial charge is 0.295 e. The maximum Gasteiger partial charge on any atom is 0.146 e. The van der Waals surface area contributed by atoms with Gasteiger partial charge in [0.2, 0.25) is 0 Å². The Bertz CT molecular complexity index is 2620. The first-order valence-corrected chi connectivity index (χ1v) is 17.1. The second kappa shape index (κ2) is 10.8. The Morgan fingerprint density at radius 1 is 0.375 bits per heavy atom. The predicted octanol–water partition coefficient (Wildman–Crippen LogP) is 13.1. The van der Waals surface area contributed by atoms with Crippen LogP contribution >= 0.6 is 11.3 Å². The standard InChI is InChI=1S/C45H28N2S/c1-2-9-29(10-3-1)30-17-21-32(22-18-30)47(45-44-40-13-6-7-16-41(40)48-42(44)27-28-46-45)33-23-19-31(20-24-33)34-25-26-39-36-12-5-4-11-35(36)38-15-8-14-37(34)43(38)39/h1-28H. The van der Waals surface area contributed by atoms with Crippen molar-refractivity contribution in [2.45, 2.75) is 0 Å². The molecule has 1 aliphatic carbocycles. The third kappa shape index (κ3) is 4.15. The van der Waals surface area contributed by atoms with E-state index < -0.39 is 0 Å². The van der Waals surface area contributed by atoms with Crippen molar-refractivity contribution in [2.75, 3.05) is 4.90 Å². The van der Waals surface area contributed by atoms with Crippen molar-refractivity contribution in [1.29, 1.82) is 0 Å². The highest BCUT2D eigenvalue weighted by Crippen LogP contribution is 2.49. The number of pyridine rings is 1. The summed E-state index contributed by atoms with van der Waals surface area (Å²) in [5.74, 6) is 0.938. The lowest BCUT2D eigenvalue weighted by molar-refractivity contribution is 1.20. The van der Waals surface area contributed by atoms with Gasteiger partial charge in [-0.25, -0.2) is 4.98 Å². The van der Waals surface area contributed by atoms with Gasteiger partial charge in [-0.2, -0.15) is 0 Å². The number of thiophene rings is 1. The zero-order chi connectivity index (χ0) is 31.6. The molecular weight excluding hydrogens is 601 g/mol. The topological polar surface area (TPSA) is 16.1 Å². The average Bonchev–Trinajstić information content (AvgIpc) is 3.70. The number of hydrogen-bond donors (Lipinski definition) is 0. The number of nitrogens with zero attached hydrogens (tertiary/aromatic N) is 2. The van der Waals surface area contributed by atoms with E-state index in [0.717, 1.165) is 17.2 Å². The van der Waals surface area contributed by atoms with Crippen LogP contribution in [-0.2, 0) is 0 Å². The van der Waals surface area contributed by atoms with Crippen LogP contribution < -0.4 is 4.90 Å². The van der Waals surface area contributed by atoms with E-state index in [-0.39, 0.29) is 0 Å². The third-order valence-corrected chi connectivity index (χ3v) is 10.8. The maximum atomic E-state index is 5.06. The lowest BCUT2D eigenvalue weighted by atomic mass is 9.94. The molecule has 0 atom stereocenters. The molecule has 0 spiro atoms. The summed E-state index contributed by atoms with van der Waals surface area (Å²) in [6.07, 6.45) is 1.94. The Morgan fingerprint density at radius 3 is 1.73 bits per heavy atom. The van der Waals surface area contributed by atoms with Crippen molar-refractivity contribution < 1.29 is 0 Å². The summed E-state index contributed by atoms with van der Waals surface area (Å²) < 4.78 is 2.50. The van der Waals surface area contributed by atoms with Gasteiger partial charge in [0.1, 0.15) is 5.82 Å². The van der Waals surface area contributed by atoms with E-state index in [2.05, 4.69) is 169 Å². The maximum absolute atomic E-state index is 5.06. The summed E-state index contributed by atoms with van der Waals surface area (Å²) in [6, 6.07) is 59.3. The van der Waals surface area contributed by atoms with Crippen LogP contribution in [-0.4, -0.2) is 4.98 Å². The summed E-state index contributed by atoms with van der Waals surface area (Å²) in [4.78, 5) is 7.37. The monoisotopic (exact) mass is 628 g/mol. The van der Waals surface area contributed by atoms with Gasteiger partial charge >= 0.3 is 0 Å². The van der Waals surface area contributed by atoms with Crippen LogP contribution in [0.5, 0.6) is 0 Å². The van der Waals surface area contributed by atoms with Gasteiger partial charge in [0.25, 0.3) is 0 Å². The molecule has 48 heavy (non-hydrogen) atoms. The van der Waals surface area contributed by atoms with Gasteiger partial charge in [0, 0.05) is 37.7 Å². The number of aromatic nitrogens is 1. The highest BCUT2D eigenvalue weighted by Gasteiger charge is 2.23. The van der Waals surface area contributed by atoms with Gasteiger partial charge in [0.05, 0.1) is 0 Å². The minimum Gasteiger partial charge on any atom is -0.295 e. The minimum atomic E-state index is 0.938. The highest BCUT2D eigenvalue weighted by molar-refractivity contribution is 7.25. The SMILES string of the molecule is c1ccc(-c2ccc(N(c3ccc(-c4ccc5c6c(cccc46)-c4ccccc4-5)cc3)c3nccc4sc5ccccc5c34)cc2)cc1. The van der Waals surface area contributed by atoms with Crippen LogP contribution in [0.2, 0.25) is 0 Å². The van der Waals surface area contributed by atoms with Crippen molar-refractivity contribution in [2.24, 2.45) is 0 Å². The first-order valence-electron chi connectivity index (χ1n) is 16.3. The fourth-order valence-electron chi connectivity index (χ4n) is 7.50. The molecule has 0 saturated carbocycles. The fraction of sp³-hybridized carbons (Fsp3) is 0. The molecule has 0 aliphatic heterocycles. The molecule has 2 aromatic heterocycles. The van der Waals surface area contributed by atoms with Crippen molar-refractivity contribution in [1.82, 2.24) is 4.98 Å². The molecule has 0 saturated heterocycles. The number of anilines is 3. The molecule has 224 valence electrons. The van der Waals surface area contributed by atoms with Crippen LogP contribution in [0.25, 0.3) is 75.5 Å². The Labute approximate surface area is 282 Å². The normalized spacial score (nSPS) is 11.8. The van der Waals surface area contributed by atoms with E-state index in [4.69, 9.17) is 4.98 Å². The minimum absolute atomic E-state index is 0.938. The number of rotatable bonds is 5. The van der Waals surface area contributed by atoms with E-state index in [0.29, 0.717) is 0 Å². The molecule has 9 aromatic rings. The van der Waals surface area contributed by atoms with E-state index in [1.165, 1.54) is 75.5 Å². The average molecular weight is 629 g/mol. The van der Waals surface area contributed by atoms with E-state index in [1.807, 2.05) is 17.5 Å². The van der Waals surface area contributed by atoms with Crippen molar-refractivity contribution in [3.8, 4) is 44.5 Å². The van der Waals surface area contributed by atoms with E-state index in [9.17, 15) is 0 Å². The van der Waals surface area contributed by atoms with Gasteiger partial charge < -0.3 is 0 Å². The lowest BCUT2D eigenvalue weighted by Crippen LogP contribution is -2.11. The van der Waals surface area contributed by atoms with Gasteiger partial charge in [-0.05, 0) is 91.7 Å². The summed E-state index contributed by atoms with van der Waals surface area (Å²) in [5, 5.41) is 5.05. The zero-order valence-electron chi connectivity index (χ0n) is 26.0. The molecule has 3 heteroatoms. The predicted molar refractivity (Wildman–Crippen MR) is 205 cm³/mol. The molecule has 10 rings (SSSR count). The Morgan fingerprint density at radius 2 is 0.958 bits per heavy atom. The van der Waals surface area contributed by atoms with Crippen LogP contribution in [0.4, 0.5) is 17.2 Å². The number of benzene rings is 7. The summed E-state index contributed by atoms with van der Waals surface area (Å²) >= 11 is 1.82. The van der Waals surface area contributed by atoms with Crippen molar-refractivity contribution in [3.05, 3.63) is 170 Å². The Hall–Kier alpha value is -6.03. The Kier molecular flexibility index (Phi) is 6.08. The van der Waals surface area contributed by atoms with Crippen LogP contribution in [0.1, 0.15) is 0 Å².